The molecular formula is C11H15BrN4S2. The molecule has 1 N–H and O–H groups in total. The summed E-state index contributed by atoms with van der Waals surface area (Å²) in [5.74, 6) is 1.95. The Kier molecular flexibility index (Phi) is 5.23. The van der Waals surface area contributed by atoms with E-state index in [9.17, 15) is 0 Å². The molecule has 0 bridgehead atoms. The first-order valence-electron chi connectivity index (χ1n) is 5.59. The normalized spacial score (nSPS) is 11.1. The molecule has 0 aliphatic carbocycles. The highest BCUT2D eigenvalue weighted by atomic mass is 79.9. The van der Waals surface area contributed by atoms with Gasteiger partial charge < -0.3 is 9.88 Å². The zero-order valence-electron chi connectivity index (χ0n) is 10.3. The van der Waals surface area contributed by atoms with Crippen molar-refractivity contribution in [1.29, 1.82) is 0 Å². The average Bonchev–Trinajstić information content (AvgIpc) is 2.89. The lowest BCUT2D eigenvalue weighted by molar-refractivity contribution is 0.734. The molecule has 0 amide bonds. The summed E-state index contributed by atoms with van der Waals surface area (Å²) < 4.78 is 3.18. The molecular weight excluding hydrogens is 332 g/mol. The molecule has 7 heteroatoms. The number of thioether (sulfide) groups is 1. The van der Waals surface area contributed by atoms with Crippen molar-refractivity contribution >= 4 is 39.0 Å². The van der Waals surface area contributed by atoms with E-state index in [0.29, 0.717) is 0 Å². The molecule has 0 spiro atoms. The van der Waals surface area contributed by atoms with Crippen LogP contribution in [0.3, 0.4) is 0 Å². The van der Waals surface area contributed by atoms with E-state index >= 15 is 0 Å². The maximum atomic E-state index is 4.12. The van der Waals surface area contributed by atoms with Gasteiger partial charge in [-0.25, -0.2) is 0 Å². The molecule has 0 fully saturated rings. The summed E-state index contributed by atoms with van der Waals surface area (Å²) in [6.45, 7) is 3.85. The predicted octanol–water partition coefficient (Wildman–Crippen LogP) is 2.83. The SMILES string of the molecule is Cc1nnc(SCCNCc2cc(Br)cs2)n1C. The number of rotatable bonds is 6. The lowest BCUT2D eigenvalue weighted by Crippen LogP contribution is -2.16. The second-order valence-corrected chi connectivity index (χ2v) is 6.82. The molecule has 4 nitrogen and oxygen atoms in total. The van der Waals surface area contributed by atoms with E-state index in [1.807, 2.05) is 18.5 Å². The summed E-state index contributed by atoms with van der Waals surface area (Å²) in [4.78, 5) is 1.35. The number of nitrogens with zero attached hydrogens (tertiary/aromatic N) is 3. The average molecular weight is 347 g/mol. The Morgan fingerprint density at radius 2 is 2.33 bits per heavy atom. The molecule has 2 heterocycles. The number of aryl methyl sites for hydroxylation is 1. The molecule has 98 valence electrons. The van der Waals surface area contributed by atoms with E-state index in [1.165, 1.54) is 4.88 Å². The number of halogens is 1. The van der Waals surface area contributed by atoms with Crippen LogP contribution in [0.2, 0.25) is 0 Å². The minimum Gasteiger partial charge on any atom is -0.311 e. The van der Waals surface area contributed by atoms with Crippen molar-refractivity contribution in [3.8, 4) is 0 Å². The number of aromatic nitrogens is 3. The fourth-order valence-electron chi connectivity index (χ4n) is 1.39. The number of thiophene rings is 1. The van der Waals surface area contributed by atoms with E-state index < -0.39 is 0 Å². The third-order valence-electron chi connectivity index (χ3n) is 2.48. The smallest absolute Gasteiger partial charge is 0.190 e. The highest BCUT2D eigenvalue weighted by Crippen LogP contribution is 2.19. The van der Waals surface area contributed by atoms with Crippen molar-refractivity contribution < 1.29 is 0 Å². The Labute approximate surface area is 123 Å². The summed E-state index contributed by atoms with van der Waals surface area (Å²) in [5.41, 5.74) is 0. The van der Waals surface area contributed by atoms with Crippen LogP contribution in [0.15, 0.2) is 21.1 Å². The Morgan fingerprint density at radius 3 is 2.94 bits per heavy atom. The lowest BCUT2D eigenvalue weighted by Gasteiger charge is -2.03. The van der Waals surface area contributed by atoms with Crippen molar-refractivity contribution in [3.05, 3.63) is 26.6 Å². The van der Waals surface area contributed by atoms with E-state index in [1.54, 1.807) is 23.1 Å². The zero-order chi connectivity index (χ0) is 13.0. The van der Waals surface area contributed by atoms with Gasteiger partial charge in [-0.3, -0.25) is 0 Å². The van der Waals surface area contributed by atoms with Gasteiger partial charge in [-0.2, -0.15) is 0 Å². The molecule has 0 aliphatic rings. The molecule has 2 aromatic heterocycles. The minimum absolute atomic E-state index is 0.925. The molecule has 0 unspecified atom stereocenters. The standard InChI is InChI=1S/C11H15BrN4S2/c1-8-14-15-11(16(8)2)17-4-3-13-6-10-5-9(12)7-18-10/h5,7,13H,3-4,6H2,1-2H3. The Morgan fingerprint density at radius 1 is 1.50 bits per heavy atom. The summed E-state index contributed by atoms with van der Waals surface area (Å²) in [7, 11) is 1.99. The van der Waals surface area contributed by atoms with Crippen LogP contribution in [-0.2, 0) is 13.6 Å². The topological polar surface area (TPSA) is 42.7 Å². The van der Waals surface area contributed by atoms with E-state index in [-0.39, 0.29) is 0 Å². The maximum absolute atomic E-state index is 4.12. The number of hydrogen-bond donors (Lipinski definition) is 1. The van der Waals surface area contributed by atoms with Crippen LogP contribution in [0.4, 0.5) is 0 Å². The quantitative estimate of drug-likeness (QED) is 0.645. The second kappa shape index (κ2) is 6.70. The van der Waals surface area contributed by atoms with E-state index in [2.05, 4.69) is 42.9 Å². The molecule has 18 heavy (non-hydrogen) atoms. The minimum atomic E-state index is 0.925. The molecule has 0 saturated carbocycles. The van der Waals surface area contributed by atoms with Gasteiger partial charge >= 0.3 is 0 Å². The molecule has 0 aromatic carbocycles. The fourth-order valence-corrected chi connectivity index (χ4v) is 3.66. The van der Waals surface area contributed by atoms with Crippen LogP contribution in [0.1, 0.15) is 10.7 Å². The number of hydrogen-bond acceptors (Lipinski definition) is 5. The molecule has 2 aromatic rings. The number of nitrogens with one attached hydrogen (secondary N) is 1. The molecule has 2 rings (SSSR count). The van der Waals surface area contributed by atoms with Gasteiger partial charge in [-0.15, -0.1) is 21.5 Å². The third-order valence-corrected chi connectivity index (χ3v) is 5.20. The summed E-state index contributed by atoms with van der Waals surface area (Å²) in [6, 6.07) is 2.15. The van der Waals surface area contributed by atoms with Crippen LogP contribution in [-0.4, -0.2) is 27.1 Å². The van der Waals surface area contributed by atoms with Gasteiger partial charge in [0.2, 0.25) is 0 Å². The van der Waals surface area contributed by atoms with Crippen molar-refractivity contribution in [3.63, 3.8) is 0 Å². The molecule has 0 aliphatic heterocycles. The second-order valence-electron chi connectivity index (χ2n) is 3.85. The van der Waals surface area contributed by atoms with Gasteiger partial charge in [0.1, 0.15) is 5.82 Å². The zero-order valence-corrected chi connectivity index (χ0v) is 13.5. The highest BCUT2D eigenvalue weighted by Gasteiger charge is 2.04. The summed E-state index contributed by atoms with van der Waals surface area (Å²) >= 11 is 6.95. The Bertz CT molecular complexity index is 509. The van der Waals surface area contributed by atoms with Gasteiger partial charge in [0.15, 0.2) is 5.16 Å². The van der Waals surface area contributed by atoms with Crippen LogP contribution < -0.4 is 5.32 Å². The predicted molar refractivity (Wildman–Crippen MR) is 80.2 cm³/mol. The molecule has 0 radical (unpaired) electrons. The van der Waals surface area contributed by atoms with E-state index in [0.717, 1.165) is 34.3 Å². The van der Waals surface area contributed by atoms with Crippen molar-refractivity contribution in [2.24, 2.45) is 7.05 Å². The Hall–Kier alpha value is -0.370. The van der Waals surface area contributed by atoms with Gasteiger partial charge in [-0.1, -0.05) is 11.8 Å². The van der Waals surface area contributed by atoms with Crippen LogP contribution in [0.5, 0.6) is 0 Å². The largest absolute Gasteiger partial charge is 0.311 e. The van der Waals surface area contributed by atoms with Gasteiger partial charge in [0, 0.05) is 40.6 Å². The maximum Gasteiger partial charge on any atom is 0.190 e. The van der Waals surface area contributed by atoms with Gasteiger partial charge in [-0.05, 0) is 28.9 Å². The third kappa shape index (κ3) is 3.81. The first kappa shape index (κ1) is 14.0. The van der Waals surface area contributed by atoms with Crippen molar-refractivity contribution in [2.75, 3.05) is 12.3 Å². The Balaban J connectivity index is 1.66. The molecule has 0 atom stereocenters. The van der Waals surface area contributed by atoms with Gasteiger partial charge in [0.25, 0.3) is 0 Å². The first-order valence-corrected chi connectivity index (χ1v) is 8.25. The van der Waals surface area contributed by atoms with Crippen LogP contribution in [0, 0.1) is 6.92 Å². The van der Waals surface area contributed by atoms with E-state index in [4.69, 9.17) is 0 Å². The monoisotopic (exact) mass is 346 g/mol. The van der Waals surface area contributed by atoms with Crippen molar-refractivity contribution in [1.82, 2.24) is 20.1 Å². The fraction of sp³-hybridized carbons (Fsp3) is 0.455. The van der Waals surface area contributed by atoms with Gasteiger partial charge in [0.05, 0.1) is 0 Å². The highest BCUT2D eigenvalue weighted by molar-refractivity contribution is 9.10. The lowest BCUT2D eigenvalue weighted by atomic mass is 10.4. The van der Waals surface area contributed by atoms with Crippen molar-refractivity contribution in [2.45, 2.75) is 18.6 Å². The summed E-state index contributed by atoms with van der Waals surface area (Å²) in [6.07, 6.45) is 0. The van der Waals surface area contributed by atoms with Crippen LogP contribution >= 0.6 is 39.0 Å². The first-order chi connectivity index (χ1) is 8.66. The summed E-state index contributed by atoms with van der Waals surface area (Å²) in [5, 5.41) is 14.7. The molecule has 0 saturated heterocycles. The van der Waals surface area contributed by atoms with Crippen LogP contribution in [0.25, 0.3) is 0 Å².